The molecular weight excluding hydrogens is 772 g/mol. The number of pyridine rings is 1. The number of imidazole rings is 1. The minimum absolute atomic E-state index is 0.0439. The van der Waals surface area contributed by atoms with Crippen molar-refractivity contribution in [3.63, 3.8) is 0 Å². The minimum atomic E-state index is -0.0439. The van der Waals surface area contributed by atoms with Crippen LogP contribution in [-0.2, 0) is 31.8 Å². The smallest absolute Gasteiger partial charge is 0.0531 e. The van der Waals surface area contributed by atoms with Crippen molar-refractivity contribution in [2.24, 2.45) is 13.0 Å². The number of nitrogens with zero attached hydrogens (tertiary/aromatic N) is 4. The number of anilines is 2. The van der Waals surface area contributed by atoms with Crippen LogP contribution in [0.4, 0.5) is 11.5 Å². The summed E-state index contributed by atoms with van der Waals surface area (Å²) in [6.45, 7) is 9.04. The molecule has 0 radical (unpaired) electrons. The number of ether oxygens (including phenoxy) is 1. The Hall–Kier alpha value is -3.43. The normalized spacial score (nSPS) is 20.5. The third kappa shape index (κ3) is 5.32. The third-order valence-electron chi connectivity index (χ3n) is 11.6. The van der Waals surface area contributed by atoms with Crippen LogP contribution in [0.15, 0.2) is 79.0 Å². The predicted octanol–water partition coefficient (Wildman–Crippen LogP) is 11.0. The Morgan fingerprint density at radius 2 is 1.60 bits per heavy atom. The van der Waals surface area contributed by atoms with Crippen molar-refractivity contribution in [1.82, 2.24) is 14.1 Å². The average molecular weight is 820 g/mol. The molecule has 3 aromatic carbocycles. The first-order chi connectivity index (χ1) is 23.1. The molecule has 3 aliphatic rings. The zero-order valence-electron chi connectivity index (χ0n) is 29.0. The molecule has 2 aromatic heterocycles. The Labute approximate surface area is 296 Å². The first-order valence-electron chi connectivity index (χ1n) is 18.0. The van der Waals surface area contributed by atoms with E-state index in [-0.39, 0.29) is 11.0 Å². The fourth-order valence-corrected chi connectivity index (χ4v) is 10.1. The summed E-state index contributed by atoms with van der Waals surface area (Å²) in [6.07, 6.45) is 13.7. The van der Waals surface area contributed by atoms with Crippen LogP contribution < -0.4 is 9.64 Å². The van der Waals surface area contributed by atoms with Gasteiger partial charge in [-0.15, -0.1) is 0 Å². The maximum absolute atomic E-state index is 6.95. The van der Waals surface area contributed by atoms with Crippen molar-refractivity contribution < 1.29 is 24.1 Å². The van der Waals surface area contributed by atoms with E-state index in [2.05, 4.69) is 141 Å². The Balaban J connectivity index is 1.27. The zero-order valence-corrected chi connectivity index (χ0v) is 31.3. The summed E-state index contributed by atoms with van der Waals surface area (Å²) < 4.78 is 12.7. The first-order valence-corrected chi connectivity index (χ1v) is 19.1. The number of fused-ring (bicyclic) bond motifs is 5. The molecule has 0 N–H and O–H groups in total. The van der Waals surface area contributed by atoms with Gasteiger partial charge in [0.2, 0.25) is 0 Å². The number of aryl methyl sites for hydroxylation is 2. The molecule has 0 bridgehead atoms. The summed E-state index contributed by atoms with van der Waals surface area (Å²) >= 11 is 2.45. The van der Waals surface area contributed by atoms with E-state index in [0.29, 0.717) is 11.8 Å². The van der Waals surface area contributed by atoms with Gasteiger partial charge in [-0.1, -0.05) is 32.1 Å². The van der Waals surface area contributed by atoms with Crippen LogP contribution in [0.25, 0.3) is 16.7 Å². The fraction of sp³-hybridized carbons (Fsp3) is 0.429. The predicted molar refractivity (Wildman–Crippen MR) is 192 cm³/mol. The van der Waals surface area contributed by atoms with Crippen LogP contribution in [0, 0.1) is 16.6 Å². The second-order valence-corrected chi connectivity index (χ2v) is 16.6. The molecule has 1 aliphatic heterocycles. The van der Waals surface area contributed by atoms with Crippen molar-refractivity contribution in [1.29, 1.82) is 0 Å². The van der Waals surface area contributed by atoms with Gasteiger partial charge in [0.25, 0.3) is 0 Å². The Morgan fingerprint density at radius 3 is 2.38 bits per heavy atom. The Morgan fingerprint density at radius 1 is 0.833 bits per heavy atom. The molecule has 5 nitrogen and oxygen atoms in total. The summed E-state index contributed by atoms with van der Waals surface area (Å²) in [7, 11) is 2.14. The summed E-state index contributed by atoms with van der Waals surface area (Å²) in [6, 6.07) is 26.8. The maximum atomic E-state index is 6.95. The molecule has 0 amide bonds. The van der Waals surface area contributed by atoms with E-state index < -0.39 is 0 Å². The number of rotatable bonds is 4. The SMILES string of the molecule is Cc1ccnc(N2c3cc(Oc4cc(-n5[c](=[Pt])n(C)c6ccccc65)cc(C(C)(C)C)c4)ccc3C3CCCCC3C23CCCCC3)c1. The van der Waals surface area contributed by atoms with Crippen molar-refractivity contribution in [2.75, 3.05) is 4.90 Å². The van der Waals surface area contributed by atoms with E-state index >= 15 is 0 Å². The number of hydrogen-bond donors (Lipinski definition) is 0. The summed E-state index contributed by atoms with van der Waals surface area (Å²) in [5, 5.41) is 0. The number of benzene rings is 3. The molecular formula is C42H48N4OPt. The molecule has 2 fully saturated rings. The zero-order chi connectivity index (χ0) is 33.2. The molecule has 48 heavy (non-hydrogen) atoms. The molecule has 0 saturated heterocycles. The second kappa shape index (κ2) is 12.2. The first kappa shape index (κ1) is 31.8. The van der Waals surface area contributed by atoms with E-state index in [4.69, 9.17) is 9.72 Å². The Bertz CT molecular complexity index is 2060. The third-order valence-corrected chi connectivity index (χ3v) is 12.8. The van der Waals surface area contributed by atoms with E-state index in [9.17, 15) is 0 Å². The average Bonchev–Trinajstić information content (AvgIpc) is 3.34. The number of para-hydroxylation sites is 2. The van der Waals surface area contributed by atoms with Gasteiger partial charge >= 0.3 is 234 Å². The molecule has 6 heteroatoms. The minimum Gasteiger partial charge on any atom is -0.0531 e. The molecule has 5 aromatic rings. The molecule has 252 valence electrons. The van der Waals surface area contributed by atoms with E-state index in [0.717, 1.165) is 26.8 Å². The van der Waals surface area contributed by atoms with Gasteiger partial charge < -0.3 is 0 Å². The van der Waals surface area contributed by atoms with Gasteiger partial charge in [0, 0.05) is 6.20 Å². The van der Waals surface area contributed by atoms with Gasteiger partial charge in [-0.3, -0.25) is 0 Å². The van der Waals surface area contributed by atoms with Crippen molar-refractivity contribution in [3.8, 4) is 17.2 Å². The monoisotopic (exact) mass is 819 g/mol. The number of hydrogen-bond acceptors (Lipinski definition) is 3. The van der Waals surface area contributed by atoms with E-state index in [1.54, 1.807) is 0 Å². The van der Waals surface area contributed by atoms with Gasteiger partial charge in [-0.2, -0.15) is 0 Å². The van der Waals surface area contributed by atoms with Crippen molar-refractivity contribution >= 4 is 22.5 Å². The second-order valence-electron chi connectivity index (χ2n) is 15.6. The van der Waals surface area contributed by atoms with Crippen molar-refractivity contribution in [2.45, 2.75) is 102 Å². The van der Waals surface area contributed by atoms with Crippen LogP contribution in [-0.4, -0.2) is 19.7 Å². The summed E-state index contributed by atoms with van der Waals surface area (Å²) in [5.74, 6) is 4.12. The molecule has 1 spiro atoms. The van der Waals surface area contributed by atoms with Gasteiger partial charge in [-0.05, 0) is 25.0 Å². The van der Waals surface area contributed by atoms with Gasteiger partial charge in [0.15, 0.2) is 0 Å². The standard InChI is InChI=1S/C42H48N4O.Pt/c1-29-19-22-43-40(23-29)46-39-27-32(17-18-35(39)34-13-7-8-14-36(34)42(46)20-11-6-12-21-42)47-33-25-30(41(2,3)4)24-31(26-33)45-28-44(5)37-15-9-10-16-38(37)45;/h9-10,15-19,22-27,34,36H,6-8,11-14,20-21H2,1-5H3;. The fourth-order valence-electron chi connectivity index (χ4n) is 9.25. The van der Waals surface area contributed by atoms with Crippen LogP contribution in [0.1, 0.15) is 101 Å². The van der Waals surface area contributed by atoms with E-state index in [1.165, 1.54) is 91.2 Å². The quantitative estimate of drug-likeness (QED) is 0.181. The number of aromatic nitrogens is 3. The van der Waals surface area contributed by atoms with E-state index in [1.807, 2.05) is 6.20 Å². The molecule has 2 saturated carbocycles. The molecule has 8 rings (SSSR count). The van der Waals surface area contributed by atoms with Crippen LogP contribution >= 0.6 is 0 Å². The summed E-state index contributed by atoms with van der Waals surface area (Å²) in [5.41, 5.74) is 8.89. The topological polar surface area (TPSA) is 35.2 Å². The van der Waals surface area contributed by atoms with Crippen molar-refractivity contribution in [3.05, 3.63) is 99.5 Å². The van der Waals surface area contributed by atoms with Gasteiger partial charge in [-0.25, -0.2) is 0 Å². The molecule has 2 atom stereocenters. The molecule has 2 unspecified atom stereocenters. The Kier molecular flexibility index (Phi) is 8.06. The van der Waals surface area contributed by atoms with Gasteiger partial charge in [0.1, 0.15) is 0 Å². The molecule has 3 heterocycles. The summed E-state index contributed by atoms with van der Waals surface area (Å²) in [4.78, 5) is 7.76. The van der Waals surface area contributed by atoms with Crippen LogP contribution in [0.3, 0.4) is 0 Å². The molecule has 2 aliphatic carbocycles. The van der Waals surface area contributed by atoms with Crippen LogP contribution in [0.2, 0.25) is 0 Å². The van der Waals surface area contributed by atoms with Gasteiger partial charge in [0.05, 0.1) is 0 Å². The van der Waals surface area contributed by atoms with Crippen LogP contribution in [0.5, 0.6) is 11.5 Å².